The highest BCUT2D eigenvalue weighted by Gasteiger charge is 2.15. The maximum absolute atomic E-state index is 11.6. The Morgan fingerprint density at radius 3 is 2.69 bits per heavy atom. The first-order chi connectivity index (χ1) is 7.54. The van der Waals surface area contributed by atoms with Crippen molar-refractivity contribution in [2.45, 2.75) is 13.0 Å². The number of aromatic nitrogens is 2. The number of amides is 2. The number of nitrogens with two attached hydrogens (primary N) is 1. The third-order valence-corrected chi connectivity index (χ3v) is 1.90. The number of nitrogens with one attached hydrogen (secondary N) is 2. The molecule has 1 heterocycles. The van der Waals surface area contributed by atoms with Crippen LogP contribution in [0.25, 0.3) is 0 Å². The van der Waals surface area contributed by atoms with Crippen molar-refractivity contribution in [2.24, 2.45) is 5.73 Å². The molecule has 1 aromatic rings. The van der Waals surface area contributed by atoms with E-state index in [1.807, 2.05) is 0 Å². The lowest BCUT2D eigenvalue weighted by Crippen LogP contribution is -2.42. The average Bonchev–Trinajstić information content (AvgIpc) is 2.28. The largest absolute Gasteiger partial charge is 0.372 e. The number of hydrogen-bond donors (Lipinski definition) is 3. The Morgan fingerprint density at radius 2 is 2.12 bits per heavy atom. The maximum Gasteiger partial charge on any atom is 0.272 e. The Balaban J connectivity index is 2.76. The fourth-order valence-electron chi connectivity index (χ4n) is 0.938. The molecule has 0 spiro atoms. The molecule has 0 fully saturated rings. The van der Waals surface area contributed by atoms with Gasteiger partial charge in [0.05, 0.1) is 12.4 Å². The number of primary amides is 1. The van der Waals surface area contributed by atoms with Crippen LogP contribution in [0.1, 0.15) is 17.4 Å². The zero-order valence-electron chi connectivity index (χ0n) is 9.02. The van der Waals surface area contributed by atoms with Crippen LogP contribution in [0, 0.1) is 0 Å². The number of hydrogen-bond acceptors (Lipinski definition) is 5. The smallest absolute Gasteiger partial charge is 0.272 e. The van der Waals surface area contributed by atoms with Gasteiger partial charge in [-0.2, -0.15) is 0 Å². The second kappa shape index (κ2) is 5.06. The van der Waals surface area contributed by atoms with E-state index < -0.39 is 17.9 Å². The van der Waals surface area contributed by atoms with Crippen molar-refractivity contribution in [3.63, 3.8) is 0 Å². The molecule has 1 rings (SSSR count). The van der Waals surface area contributed by atoms with Crippen molar-refractivity contribution >= 4 is 17.6 Å². The van der Waals surface area contributed by atoms with E-state index in [9.17, 15) is 9.59 Å². The highest BCUT2D eigenvalue weighted by molar-refractivity contribution is 5.95. The van der Waals surface area contributed by atoms with Crippen LogP contribution in [-0.2, 0) is 4.79 Å². The predicted octanol–water partition coefficient (Wildman–Crippen LogP) is -0.878. The van der Waals surface area contributed by atoms with Crippen molar-refractivity contribution < 1.29 is 9.59 Å². The molecule has 0 bridgehead atoms. The monoisotopic (exact) mass is 223 g/mol. The van der Waals surface area contributed by atoms with Gasteiger partial charge in [0.2, 0.25) is 5.91 Å². The van der Waals surface area contributed by atoms with Crippen LogP contribution >= 0.6 is 0 Å². The zero-order valence-corrected chi connectivity index (χ0v) is 9.02. The van der Waals surface area contributed by atoms with Gasteiger partial charge in [0.15, 0.2) is 0 Å². The van der Waals surface area contributed by atoms with Gasteiger partial charge in [0.1, 0.15) is 17.6 Å². The summed E-state index contributed by atoms with van der Waals surface area (Å²) in [6, 6.07) is -0.743. The summed E-state index contributed by atoms with van der Waals surface area (Å²) in [5.41, 5.74) is 5.14. The fraction of sp³-hybridized carbons (Fsp3) is 0.333. The van der Waals surface area contributed by atoms with Crippen LogP contribution in [0.15, 0.2) is 12.4 Å². The molecule has 1 aromatic heterocycles. The first-order valence-corrected chi connectivity index (χ1v) is 4.64. The zero-order chi connectivity index (χ0) is 12.1. The molecule has 0 radical (unpaired) electrons. The molecule has 1 atom stereocenters. The highest BCUT2D eigenvalue weighted by atomic mass is 16.2. The van der Waals surface area contributed by atoms with E-state index >= 15 is 0 Å². The van der Waals surface area contributed by atoms with Crippen LogP contribution in [0.5, 0.6) is 0 Å². The summed E-state index contributed by atoms with van der Waals surface area (Å²) in [5, 5.41) is 5.16. The summed E-state index contributed by atoms with van der Waals surface area (Å²) in [6.07, 6.45) is 2.79. The van der Waals surface area contributed by atoms with Crippen LogP contribution in [0.3, 0.4) is 0 Å². The second-order valence-corrected chi connectivity index (χ2v) is 3.14. The van der Waals surface area contributed by atoms with Crippen molar-refractivity contribution in [1.29, 1.82) is 0 Å². The van der Waals surface area contributed by atoms with Crippen LogP contribution in [0.2, 0.25) is 0 Å². The normalized spacial score (nSPS) is 11.6. The summed E-state index contributed by atoms with van der Waals surface area (Å²) in [7, 11) is 1.66. The lowest BCUT2D eigenvalue weighted by Gasteiger charge is -2.09. The summed E-state index contributed by atoms with van der Waals surface area (Å²) in [4.78, 5) is 30.1. The van der Waals surface area contributed by atoms with E-state index in [0.717, 1.165) is 0 Å². The molecule has 0 aliphatic rings. The van der Waals surface area contributed by atoms with Crippen molar-refractivity contribution in [3.05, 3.63) is 18.1 Å². The van der Waals surface area contributed by atoms with E-state index in [2.05, 4.69) is 20.6 Å². The number of carbonyl (C=O) groups is 2. The number of anilines is 1. The molecule has 0 aliphatic carbocycles. The molecule has 16 heavy (non-hydrogen) atoms. The van der Waals surface area contributed by atoms with Gasteiger partial charge in [-0.05, 0) is 6.92 Å². The van der Waals surface area contributed by atoms with E-state index in [4.69, 9.17) is 5.73 Å². The minimum atomic E-state index is -0.743. The molecule has 4 N–H and O–H groups in total. The number of rotatable bonds is 4. The van der Waals surface area contributed by atoms with Gasteiger partial charge in [0.25, 0.3) is 5.91 Å². The van der Waals surface area contributed by atoms with Gasteiger partial charge in [0, 0.05) is 7.05 Å². The first-order valence-electron chi connectivity index (χ1n) is 4.64. The van der Waals surface area contributed by atoms with Crippen LogP contribution in [-0.4, -0.2) is 34.9 Å². The number of carbonyl (C=O) groups excluding carboxylic acids is 2. The third kappa shape index (κ3) is 2.91. The Bertz CT molecular complexity index is 407. The molecule has 7 nitrogen and oxygen atoms in total. The molecule has 7 heteroatoms. The second-order valence-electron chi connectivity index (χ2n) is 3.14. The van der Waals surface area contributed by atoms with E-state index in [1.54, 1.807) is 7.05 Å². The molecule has 0 aromatic carbocycles. The highest BCUT2D eigenvalue weighted by Crippen LogP contribution is 2.00. The molecule has 86 valence electrons. The van der Waals surface area contributed by atoms with Crippen molar-refractivity contribution in [2.75, 3.05) is 12.4 Å². The molecule has 0 aliphatic heterocycles. The molecule has 0 saturated heterocycles. The van der Waals surface area contributed by atoms with Gasteiger partial charge in [-0.15, -0.1) is 0 Å². The quantitative estimate of drug-likeness (QED) is 0.614. The first kappa shape index (κ1) is 11.9. The van der Waals surface area contributed by atoms with Gasteiger partial charge >= 0.3 is 0 Å². The summed E-state index contributed by atoms with van der Waals surface area (Å²) in [5.74, 6) is -0.624. The van der Waals surface area contributed by atoms with Crippen LogP contribution in [0.4, 0.5) is 5.82 Å². The van der Waals surface area contributed by atoms with Crippen molar-refractivity contribution in [3.8, 4) is 0 Å². The Kier molecular flexibility index (Phi) is 3.76. The average molecular weight is 223 g/mol. The Morgan fingerprint density at radius 1 is 1.44 bits per heavy atom. The standard InChI is InChI=1S/C9H13N5O2/c1-5(8(10)15)13-9(16)6-3-12-4-7(11-2)14-6/h3-5H,1-2H3,(H2,10,15)(H,11,14)(H,13,16). The predicted molar refractivity (Wildman–Crippen MR) is 57.7 cm³/mol. The number of nitrogens with zero attached hydrogens (tertiary/aromatic N) is 2. The molecular formula is C9H13N5O2. The Hall–Kier alpha value is -2.18. The Labute approximate surface area is 92.5 Å². The van der Waals surface area contributed by atoms with E-state index in [-0.39, 0.29) is 5.69 Å². The van der Waals surface area contributed by atoms with Gasteiger partial charge < -0.3 is 16.4 Å². The fourth-order valence-corrected chi connectivity index (χ4v) is 0.938. The lowest BCUT2D eigenvalue weighted by molar-refractivity contribution is -0.119. The SMILES string of the molecule is CNc1cncc(C(=O)NC(C)C(N)=O)n1. The van der Waals surface area contributed by atoms with Gasteiger partial charge in [-0.1, -0.05) is 0 Å². The third-order valence-electron chi connectivity index (χ3n) is 1.90. The summed E-state index contributed by atoms with van der Waals surface area (Å²) in [6.45, 7) is 1.50. The summed E-state index contributed by atoms with van der Waals surface area (Å²) >= 11 is 0. The molecule has 0 saturated carbocycles. The lowest BCUT2D eigenvalue weighted by atomic mass is 10.3. The molecule has 2 amide bonds. The molecular weight excluding hydrogens is 210 g/mol. The molecule has 1 unspecified atom stereocenters. The minimum absolute atomic E-state index is 0.125. The topological polar surface area (TPSA) is 110 Å². The summed E-state index contributed by atoms with van der Waals surface area (Å²) < 4.78 is 0. The van der Waals surface area contributed by atoms with Gasteiger partial charge in [-0.3, -0.25) is 14.6 Å². The van der Waals surface area contributed by atoms with E-state index in [0.29, 0.717) is 5.82 Å². The van der Waals surface area contributed by atoms with Crippen LogP contribution < -0.4 is 16.4 Å². The maximum atomic E-state index is 11.6. The van der Waals surface area contributed by atoms with Crippen molar-refractivity contribution in [1.82, 2.24) is 15.3 Å². The van der Waals surface area contributed by atoms with Gasteiger partial charge in [-0.25, -0.2) is 4.98 Å². The van der Waals surface area contributed by atoms with E-state index in [1.165, 1.54) is 19.3 Å². The minimum Gasteiger partial charge on any atom is -0.372 e.